The van der Waals surface area contributed by atoms with Crippen molar-refractivity contribution in [1.29, 1.82) is 0 Å². The summed E-state index contributed by atoms with van der Waals surface area (Å²) in [5, 5.41) is 4.80. The van der Waals surface area contributed by atoms with Crippen LogP contribution in [0, 0.1) is 0 Å². The van der Waals surface area contributed by atoms with Crippen LogP contribution in [0.25, 0.3) is 105 Å². The first-order chi connectivity index (χ1) is 34.2. The molecule has 13 aromatic rings. The third-order valence-corrected chi connectivity index (χ3v) is 13.6. The summed E-state index contributed by atoms with van der Waals surface area (Å²) in [4.78, 5) is 2.35. The fourth-order valence-corrected chi connectivity index (χ4v) is 10.2. The SMILES string of the molecule is c1ccc(-c2cccc(-c3cccc(N(c4ccc(-c5ccc(-c6cccc(-n7c8ccccc8c8ccccc87)c6)cc5)cc4)c4ccc(-c5ccc6c(c5)oc5ccccc56)cc4)c3)c2)cc1. The standard InChI is InChI=1S/C66H44N2O/c1-2-13-45(14-3-1)50-15-10-16-51(41-50)53-18-12-19-57(43-53)67(56-38-33-49(34-39-56)54-35-40-62-61-23-6-9-26-65(61)69-66(62)44-54)55-36-31-47(32-37-55)46-27-29-48(30-28-46)52-17-11-20-58(42-52)68-63-24-7-4-21-59(63)60-22-5-8-25-64(60)68/h1-44H. The van der Waals surface area contributed by atoms with Crippen LogP contribution in [-0.4, -0.2) is 4.57 Å². The van der Waals surface area contributed by atoms with Gasteiger partial charge in [0.2, 0.25) is 0 Å². The second-order valence-corrected chi connectivity index (χ2v) is 17.7. The molecule has 0 fully saturated rings. The van der Waals surface area contributed by atoms with Crippen molar-refractivity contribution in [3.63, 3.8) is 0 Å². The highest BCUT2D eigenvalue weighted by molar-refractivity contribution is 6.09. The van der Waals surface area contributed by atoms with Gasteiger partial charge in [-0.05, 0) is 141 Å². The Morgan fingerprint density at radius 2 is 0.667 bits per heavy atom. The van der Waals surface area contributed by atoms with Crippen LogP contribution in [0.1, 0.15) is 0 Å². The van der Waals surface area contributed by atoms with Crippen LogP contribution < -0.4 is 4.90 Å². The fraction of sp³-hybridized carbons (Fsp3) is 0. The van der Waals surface area contributed by atoms with E-state index in [1.54, 1.807) is 0 Å². The van der Waals surface area contributed by atoms with Crippen LogP contribution in [0.3, 0.4) is 0 Å². The van der Waals surface area contributed by atoms with Gasteiger partial charge in [-0.2, -0.15) is 0 Å². The number of hydrogen-bond acceptors (Lipinski definition) is 2. The van der Waals surface area contributed by atoms with Gasteiger partial charge in [-0.3, -0.25) is 0 Å². The lowest BCUT2D eigenvalue weighted by Crippen LogP contribution is -2.10. The molecule has 0 saturated carbocycles. The third-order valence-electron chi connectivity index (χ3n) is 13.6. The fourth-order valence-electron chi connectivity index (χ4n) is 10.2. The van der Waals surface area contributed by atoms with E-state index in [1.807, 2.05) is 12.1 Å². The molecule has 3 nitrogen and oxygen atoms in total. The minimum absolute atomic E-state index is 0.895. The van der Waals surface area contributed by atoms with E-state index in [2.05, 4.69) is 264 Å². The summed E-state index contributed by atoms with van der Waals surface area (Å²) in [7, 11) is 0. The van der Waals surface area contributed by atoms with E-state index in [-0.39, 0.29) is 0 Å². The average molecular weight is 881 g/mol. The first kappa shape index (κ1) is 40.1. The minimum Gasteiger partial charge on any atom is -0.456 e. The highest BCUT2D eigenvalue weighted by atomic mass is 16.3. The van der Waals surface area contributed by atoms with E-state index >= 15 is 0 Å². The number of para-hydroxylation sites is 3. The molecule has 0 N–H and O–H groups in total. The molecular formula is C66H44N2O. The van der Waals surface area contributed by atoms with Crippen LogP contribution >= 0.6 is 0 Å². The second-order valence-electron chi connectivity index (χ2n) is 17.7. The van der Waals surface area contributed by atoms with E-state index < -0.39 is 0 Å². The molecule has 0 bridgehead atoms. The first-order valence-electron chi connectivity index (χ1n) is 23.6. The molecule has 0 spiro atoms. The summed E-state index contributed by atoms with van der Waals surface area (Å²) in [5.41, 5.74) is 20.3. The summed E-state index contributed by atoms with van der Waals surface area (Å²) < 4.78 is 8.65. The van der Waals surface area contributed by atoms with Gasteiger partial charge in [0.25, 0.3) is 0 Å². The van der Waals surface area contributed by atoms with Crippen molar-refractivity contribution >= 4 is 60.8 Å². The maximum absolute atomic E-state index is 6.27. The van der Waals surface area contributed by atoms with Gasteiger partial charge in [0.1, 0.15) is 11.2 Å². The third kappa shape index (κ3) is 7.34. The van der Waals surface area contributed by atoms with Crippen molar-refractivity contribution in [2.45, 2.75) is 0 Å². The van der Waals surface area contributed by atoms with Gasteiger partial charge < -0.3 is 13.9 Å². The summed E-state index contributed by atoms with van der Waals surface area (Å²) in [6, 6.07) is 96.1. The molecule has 0 radical (unpaired) electrons. The average Bonchev–Trinajstić information content (AvgIpc) is 3.97. The second kappa shape index (κ2) is 16.9. The first-order valence-corrected chi connectivity index (χ1v) is 23.6. The van der Waals surface area contributed by atoms with E-state index in [4.69, 9.17) is 4.42 Å². The number of hydrogen-bond donors (Lipinski definition) is 0. The van der Waals surface area contributed by atoms with E-state index in [0.29, 0.717) is 0 Å². The molecule has 0 atom stereocenters. The number of benzene rings is 11. The Morgan fingerprint density at radius 3 is 1.32 bits per heavy atom. The van der Waals surface area contributed by atoms with Crippen molar-refractivity contribution in [1.82, 2.24) is 4.57 Å². The topological polar surface area (TPSA) is 21.3 Å². The molecule has 3 heteroatoms. The molecule has 11 aromatic carbocycles. The number of rotatable bonds is 9. The summed E-state index contributed by atoms with van der Waals surface area (Å²) in [5.74, 6) is 0. The lowest BCUT2D eigenvalue weighted by atomic mass is 9.98. The quantitative estimate of drug-likeness (QED) is 0.144. The number of anilines is 3. The van der Waals surface area contributed by atoms with Crippen molar-refractivity contribution in [3.05, 3.63) is 267 Å². The van der Waals surface area contributed by atoms with Crippen molar-refractivity contribution in [2.24, 2.45) is 0 Å². The Hall–Kier alpha value is -9.18. The van der Waals surface area contributed by atoms with Gasteiger partial charge in [0.15, 0.2) is 0 Å². The summed E-state index contributed by atoms with van der Waals surface area (Å²) >= 11 is 0. The number of nitrogens with zero attached hydrogens (tertiary/aromatic N) is 2. The monoisotopic (exact) mass is 880 g/mol. The predicted octanol–water partition coefficient (Wildman–Crippen LogP) is 18.5. The summed E-state index contributed by atoms with van der Waals surface area (Å²) in [6.07, 6.45) is 0. The zero-order valence-electron chi connectivity index (χ0n) is 37.7. The van der Waals surface area contributed by atoms with Gasteiger partial charge in [0.05, 0.1) is 11.0 Å². The lowest BCUT2D eigenvalue weighted by molar-refractivity contribution is 0.669. The maximum Gasteiger partial charge on any atom is 0.136 e. The normalized spacial score (nSPS) is 11.5. The van der Waals surface area contributed by atoms with Gasteiger partial charge >= 0.3 is 0 Å². The smallest absolute Gasteiger partial charge is 0.136 e. The Kier molecular flexibility index (Phi) is 9.84. The maximum atomic E-state index is 6.27. The highest BCUT2D eigenvalue weighted by Gasteiger charge is 2.17. The molecular weight excluding hydrogens is 837 g/mol. The minimum atomic E-state index is 0.895. The predicted molar refractivity (Wildman–Crippen MR) is 290 cm³/mol. The lowest BCUT2D eigenvalue weighted by Gasteiger charge is -2.26. The molecule has 0 amide bonds. The molecule has 0 aliphatic heterocycles. The molecule has 0 saturated heterocycles. The van der Waals surface area contributed by atoms with Crippen LogP contribution in [0.15, 0.2) is 271 Å². The van der Waals surface area contributed by atoms with Gasteiger partial charge in [-0.1, -0.05) is 182 Å². The Morgan fingerprint density at radius 1 is 0.246 bits per heavy atom. The molecule has 0 aliphatic rings. The molecule has 13 rings (SSSR count). The van der Waals surface area contributed by atoms with E-state index in [1.165, 1.54) is 55.2 Å². The van der Waals surface area contributed by atoms with Crippen molar-refractivity contribution < 1.29 is 4.42 Å². The van der Waals surface area contributed by atoms with E-state index in [0.717, 1.165) is 66.9 Å². The molecule has 2 aromatic heterocycles. The zero-order chi connectivity index (χ0) is 45.7. The Balaban J connectivity index is 0.831. The van der Waals surface area contributed by atoms with Crippen LogP contribution in [0.4, 0.5) is 17.1 Å². The van der Waals surface area contributed by atoms with Gasteiger partial charge in [-0.25, -0.2) is 0 Å². The van der Waals surface area contributed by atoms with Crippen LogP contribution in [-0.2, 0) is 0 Å². The van der Waals surface area contributed by atoms with Crippen LogP contribution in [0.5, 0.6) is 0 Å². The number of fused-ring (bicyclic) bond motifs is 6. The van der Waals surface area contributed by atoms with Crippen molar-refractivity contribution in [2.75, 3.05) is 4.90 Å². The molecule has 324 valence electrons. The summed E-state index contributed by atoms with van der Waals surface area (Å²) in [6.45, 7) is 0. The highest BCUT2D eigenvalue weighted by Crippen LogP contribution is 2.40. The molecule has 69 heavy (non-hydrogen) atoms. The Labute approximate surface area is 401 Å². The number of aromatic nitrogens is 1. The molecule has 2 heterocycles. The Bertz CT molecular complexity index is 3940. The molecule has 0 aliphatic carbocycles. The zero-order valence-corrected chi connectivity index (χ0v) is 37.7. The van der Waals surface area contributed by atoms with E-state index in [9.17, 15) is 0 Å². The van der Waals surface area contributed by atoms with Gasteiger partial charge in [0, 0.05) is 44.3 Å². The largest absolute Gasteiger partial charge is 0.456 e. The van der Waals surface area contributed by atoms with Crippen molar-refractivity contribution in [3.8, 4) is 61.3 Å². The number of furan rings is 1. The van der Waals surface area contributed by atoms with Gasteiger partial charge in [-0.15, -0.1) is 0 Å². The molecule has 0 unspecified atom stereocenters. The van der Waals surface area contributed by atoms with Crippen LogP contribution in [0.2, 0.25) is 0 Å².